The number of rotatable bonds is 3. The van der Waals surface area contributed by atoms with Crippen LogP contribution in [0.15, 0.2) is 18.2 Å². The van der Waals surface area contributed by atoms with E-state index >= 15 is 0 Å². The average molecular weight is 365 g/mol. The summed E-state index contributed by atoms with van der Waals surface area (Å²) in [5.74, 6) is 0.132. The predicted octanol–water partition coefficient (Wildman–Crippen LogP) is 3.01. The number of benzene rings is 1. The largest absolute Gasteiger partial charge is 0.323 e. The van der Waals surface area contributed by atoms with Gasteiger partial charge < -0.3 is 11.1 Å². The Balaban J connectivity index is 2.15. The molecule has 2 rings (SSSR count). The molecule has 17 heavy (non-hydrogen) atoms. The van der Waals surface area contributed by atoms with Gasteiger partial charge in [-0.1, -0.05) is 11.6 Å². The van der Waals surface area contributed by atoms with Gasteiger partial charge in [0.1, 0.15) is 0 Å². The Kier molecular flexibility index (Phi) is 3.66. The van der Waals surface area contributed by atoms with Crippen molar-refractivity contribution in [3.8, 4) is 0 Å². The molecule has 1 amide bonds. The maximum Gasteiger partial charge on any atom is 0.244 e. The molecule has 0 heterocycles. The molecule has 1 aromatic carbocycles. The summed E-state index contributed by atoms with van der Waals surface area (Å²) in [6.45, 7) is 1.78. The van der Waals surface area contributed by atoms with Gasteiger partial charge in [-0.3, -0.25) is 4.79 Å². The van der Waals surface area contributed by atoms with Crippen LogP contribution in [-0.2, 0) is 4.79 Å². The number of hydrogen-bond acceptors (Lipinski definition) is 2. The van der Waals surface area contributed by atoms with Gasteiger partial charge in [-0.25, -0.2) is 0 Å². The molecule has 1 saturated carbocycles. The number of anilines is 1. The lowest BCUT2D eigenvalue weighted by atomic mass is 9.96. The Morgan fingerprint density at radius 3 is 2.82 bits per heavy atom. The van der Waals surface area contributed by atoms with Crippen LogP contribution in [-0.4, -0.2) is 11.4 Å². The summed E-state index contributed by atoms with van der Waals surface area (Å²) in [7, 11) is 0. The minimum absolute atomic E-state index is 0.163. The molecule has 0 bridgehead atoms. The summed E-state index contributed by atoms with van der Waals surface area (Å²) < 4.78 is 1.02. The molecule has 0 saturated heterocycles. The van der Waals surface area contributed by atoms with Crippen LogP contribution >= 0.6 is 34.2 Å². The van der Waals surface area contributed by atoms with Crippen LogP contribution in [0.1, 0.15) is 19.8 Å². The molecule has 1 aromatic rings. The predicted molar refractivity (Wildman–Crippen MR) is 78.1 cm³/mol. The zero-order valence-electron chi connectivity index (χ0n) is 9.47. The highest BCUT2D eigenvalue weighted by atomic mass is 127. The molecule has 3 nitrogen and oxygen atoms in total. The molecule has 3 N–H and O–H groups in total. The fraction of sp³-hybridized carbons (Fsp3) is 0.417. The molecule has 1 unspecified atom stereocenters. The lowest BCUT2D eigenvalue weighted by Gasteiger charge is -2.23. The molecule has 0 spiro atoms. The molecule has 92 valence electrons. The highest BCUT2D eigenvalue weighted by Crippen LogP contribution is 2.38. The molecule has 1 atom stereocenters. The van der Waals surface area contributed by atoms with Crippen LogP contribution in [0.2, 0.25) is 5.02 Å². The van der Waals surface area contributed by atoms with Crippen LogP contribution < -0.4 is 11.1 Å². The Morgan fingerprint density at radius 1 is 1.59 bits per heavy atom. The van der Waals surface area contributed by atoms with Gasteiger partial charge in [0, 0.05) is 3.57 Å². The summed E-state index contributed by atoms with van der Waals surface area (Å²) in [6.07, 6.45) is 2.06. The first-order chi connectivity index (χ1) is 7.91. The van der Waals surface area contributed by atoms with E-state index in [1.807, 2.05) is 12.1 Å². The topological polar surface area (TPSA) is 55.1 Å². The van der Waals surface area contributed by atoms with E-state index < -0.39 is 5.54 Å². The van der Waals surface area contributed by atoms with Crippen LogP contribution in [0.5, 0.6) is 0 Å². The first kappa shape index (κ1) is 13.1. The van der Waals surface area contributed by atoms with Crippen molar-refractivity contribution in [3.63, 3.8) is 0 Å². The monoisotopic (exact) mass is 364 g/mol. The number of amides is 1. The molecule has 0 aliphatic heterocycles. The molecular weight excluding hydrogens is 351 g/mol. The van der Waals surface area contributed by atoms with Gasteiger partial charge in [0.25, 0.3) is 0 Å². The SMILES string of the molecule is CC(N)(C(=O)Nc1cc(I)ccc1Cl)C1CC1. The first-order valence-corrected chi connectivity index (χ1v) is 6.92. The van der Waals surface area contributed by atoms with E-state index in [9.17, 15) is 4.79 Å². The zero-order chi connectivity index (χ0) is 12.6. The van der Waals surface area contributed by atoms with Gasteiger partial charge in [0.15, 0.2) is 0 Å². The molecule has 1 aliphatic carbocycles. The third kappa shape index (κ3) is 2.92. The Bertz CT molecular complexity index is 458. The number of carbonyl (C=O) groups is 1. The van der Waals surface area contributed by atoms with Gasteiger partial charge >= 0.3 is 0 Å². The zero-order valence-corrected chi connectivity index (χ0v) is 12.4. The van der Waals surface area contributed by atoms with Crippen LogP contribution in [0.25, 0.3) is 0 Å². The number of hydrogen-bond donors (Lipinski definition) is 2. The van der Waals surface area contributed by atoms with Crippen LogP contribution in [0.4, 0.5) is 5.69 Å². The number of carbonyl (C=O) groups excluding carboxylic acids is 1. The fourth-order valence-electron chi connectivity index (χ4n) is 1.72. The number of halogens is 2. The van der Waals surface area contributed by atoms with Crippen molar-refractivity contribution in [1.29, 1.82) is 0 Å². The number of nitrogens with two attached hydrogens (primary N) is 1. The third-order valence-electron chi connectivity index (χ3n) is 3.09. The van der Waals surface area contributed by atoms with Crippen molar-refractivity contribution < 1.29 is 4.79 Å². The van der Waals surface area contributed by atoms with E-state index in [2.05, 4.69) is 27.9 Å². The quantitative estimate of drug-likeness (QED) is 0.810. The van der Waals surface area contributed by atoms with Crippen molar-refractivity contribution in [1.82, 2.24) is 0 Å². The summed E-state index contributed by atoms with van der Waals surface area (Å²) >= 11 is 8.20. The standard InChI is InChI=1S/C12H14ClIN2O/c1-12(15,7-2-3-7)11(17)16-10-6-8(14)4-5-9(10)13/h4-7H,2-3,15H2,1H3,(H,16,17). The molecule has 1 aliphatic rings. The van der Waals surface area contributed by atoms with E-state index in [-0.39, 0.29) is 5.91 Å². The van der Waals surface area contributed by atoms with Crippen molar-refractivity contribution in [2.45, 2.75) is 25.3 Å². The normalized spacial score (nSPS) is 18.6. The molecule has 1 fully saturated rings. The highest BCUT2D eigenvalue weighted by Gasteiger charge is 2.44. The highest BCUT2D eigenvalue weighted by molar-refractivity contribution is 14.1. The fourth-order valence-corrected chi connectivity index (χ4v) is 2.37. The molecule has 0 radical (unpaired) electrons. The molecule has 0 aromatic heterocycles. The van der Waals surface area contributed by atoms with E-state index in [4.69, 9.17) is 17.3 Å². The summed E-state index contributed by atoms with van der Waals surface area (Å²) in [6, 6.07) is 5.49. The Morgan fingerprint density at radius 2 is 2.24 bits per heavy atom. The van der Waals surface area contributed by atoms with E-state index in [1.54, 1.807) is 13.0 Å². The number of nitrogens with one attached hydrogen (secondary N) is 1. The first-order valence-electron chi connectivity index (χ1n) is 5.46. The van der Waals surface area contributed by atoms with Gasteiger partial charge in [-0.15, -0.1) is 0 Å². The summed E-state index contributed by atoms with van der Waals surface area (Å²) in [5.41, 5.74) is 5.87. The van der Waals surface area contributed by atoms with E-state index in [0.29, 0.717) is 16.6 Å². The molecule has 5 heteroatoms. The van der Waals surface area contributed by atoms with E-state index in [1.165, 1.54) is 0 Å². The van der Waals surface area contributed by atoms with Crippen LogP contribution in [0.3, 0.4) is 0 Å². The van der Waals surface area contributed by atoms with Gasteiger partial charge in [-0.05, 0) is 66.5 Å². The van der Waals surface area contributed by atoms with Gasteiger partial charge in [-0.2, -0.15) is 0 Å². The summed E-state index contributed by atoms with van der Waals surface area (Å²) in [5, 5.41) is 3.34. The van der Waals surface area contributed by atoms with Gasteiger partial charge in [0.05, 0.1) is 16.2 Å². The maximum absolute atomic E-state index is 12.1. The lowest BCUT2D eigenvalue weighted by Crippen LogP contribution is -2.50. The molecular formula is C12H14ClIN2O. The second kappa shape index (κ2) is 4.74. The second-order valence-corrected chi connectivity index (χ2v) is 6.29. The summed E-state index contributed by atoms with van der Waals surface area (Å²) in [4.78, 5) is 12.1. The maximum atomic E-state index is 12.1. The van der Waals surface area contributed by atoms with E-state index in [0.717, 1.165) is 16.4 Å². The van der Waals surface area contributed by atoms with Crippen molar-refractivity contribution in [2.24, 2.45) is 11.7 Å². The van der Waals surface area contributed by atoms with Crippen molar-refractivity contribution in [3.05, 3.63) is 26.8 Å². The Hall–Kier alpha value is -0.330. The van der Waals surface area contributed by atoms with Crippen molar-refractivity contribution in [2.75, 3.05) is 5.32 Å². The minimum Gasteiger partial charge on any atom is -0.323 e. The third-order valence-corrected chi connectivity index (χ3v) is 4.09. The van der Waals surface area contributed by atoms with Gasteiger partial charge in [0.2, 0.25) is 5.91 Å². The Labute approximate surface area is 119 Å². The lowest BCUT2D eigenvalue weighted by molar-refractivity contribution is -0.121. The average Bonchev–Trinajstić information content (AvgIpc) is 3.07. The minimum atomic E-state index is -0.801. The second-order valence-electron chi connectivity index (χ2n) is 4.64. The van der Waals surface area contributed by atoms with Crippen LogP contribution in [0, 0.1) is 9.49 Å². The smallest absolute Gasteiger partial charge is 0.244 e. The van der Waals surface area contributed by atoms with Crippen molar-refractivity contribution >= 4 is 45.8 Å².